The lowest BCUT2D eigenvalue weighted by Gasteiger charge is -2.23. The fourth-order valence-electron chi connectivity index (χ4n) is 2.37. The number of rotatable bonds is 4. The minimum Gasteiger partial charge on any atom is -0.378 e. The SMILES string of the molecule is O=[N+]([O-])c1cccc(S(=O)(=O)O)c1CC1CCCCO1. The van der Waals surface area contributed by atoms with Gasteiger partial charge in [-0.2, -0.15) is 8.42 Å². The van der Waals surface area contributed by atoms with Crippen LogP contribution in [0.3, 0.4) is 0 Å². The minimum absolute atomic E-state index is 0.00639. The zero-order valence-electron chi connectivity index (χ0n) is 10.7. The second-order valence-corrected chi connectivity index (χ2v) is 6.07. The van der Waals surface area contributed by atoms with Crippen LogP contribution in [0.25, 0.3) is 0 Å². The number of benzene rings is 1. The van der Waals surface area contributed by atoms with Gasteiger partial charge in [0.25, 0.3) is 15.8 Å². The van der Waals surface area contributed by atoms with Crippen LogP contribution in [0.1, 0.15) is 24.8 Å². The van der Waals surface area contributed by atoms with Crippen LogP contribution in [0.5, 0.6) is 0 Å². The maximum Gasteiger partial charge on any atom is 0.295 e. The highest BCUT2D eigenvalue weighted by Gasteiger charge is 2.27. The maximum absolute atomic E-state index is 11.4. The van der Waals surface area contributed by atoms with E-state index in [4.69, 9.17) is 4.74 Å². The van der Waals surface area contributed by atoms with Gasteiger partial charge in [-0.1, -0.05) is 6.07 Å². The minimum atomic E-state index is -4.50. The Morgan fingerprint density at radius 1 is 1.40 bits per heavy atom. The number of nitro groups is 1. The predicted molar refractivity (Wildman–Crippen MR) is 70.2 cm³/mol. The fourth-order valence-corrected chi connectivity index (χ4v) is 3.12. The molecule has 0 saturated carbocycles. The Morgan fingerprint density at radius 2 is 2.15 bits per heavy atom. The van der Waals surface area contributed by atoms with E-state index in [1.54, 1.807) is 0 Å². The number of hydrogen-bond donors (Lipinski definition) is 1. The highest BCUT2D eigenvalue weighted by atomic mass is 32.2. The van der Waals surface area contributed by atoms with Crippen molar-refractivity contribution in [2.45, 2.75) is 36.7 Å². The molecule has 1 aliphatic rings. The highest BCUT2D eigenvalue weighted by Crippen LogP contribution is 2.29. The van der Waals surface area contributed by atoms with Gasteiger partial charge in [0.15, 0.2) is 0 Å². The van der Waals surface area contributed by atoms with Gasteiger partial charge in [0.05, 0.1) is 16.6 Å². The molecule has 1 saturated heterocycles. The summed E-state index contributed by atoms with van der Waals surface area (Å²) in [6.45, 7) is 0.562. The standard InChI is InChI=1S/C12H15NO6S/c14-13(15)11-5-3-6-12(20(16,17)18)10(11)8-9-4-1-2-7-19-9/h3,5-6,9H,1-2,4,7-8H2,(H,16,17,18). The van der Waals surface area contributed by atoms with Crippen molar-refractivity contribution in [3.8, 4) is 0 Å². The van der Waals surface area contributed by atoms with Crippen molar-refractivity contribution in [2.75, 3.05) is 6.61 Å². The summed E-state index contributed by atoms with van der Waals surface area (Å²) in [6, 6.07) is 3.64. The highest BCUT2D eigenvalue weighted by molar-refractivity contribution is 7.85. The molecule has 2 rings (SSSR count). The van der Waals surface area contributed by atoms with E-state index in [1.165, 1.54) is 18.2 Å². The first-order valence-corrected chi connectivity index (χ1v) is 7.69. The van der Waals surface area contributed by atoms with E-state index in [2.05, 4.69) is 0 Å². The van der Waals surface area contributed by atoms with Crippen molar-refractivity contribution < 1.29 is 22.6 Å². The van der Waals surface area contributed by atoms with Gasteiger partial charge in [-0.05, 0) is 25.3 Å². The fraction of sp³-hybridized carbons (Fsp3) is 0.500. The van der Waals surface area contributed by atoms with E-state index in [9.17, 15) is 23.1 Å². The summed E-state index contributed by atoms with van der Waals surface area (Å²) in [6.07, 6.45) is 2.43. The molecule has 1 heterocycles. The van der Waals surface area contributed by atoms with Gasteiger partial charge in [-0.15, -0.1) is 0 Å². The summed E-state index contributed by atoms with van der Waals surface area (Å²) < 4.78 is 37.4. The lowest BCUT2D eigenvalue weighted by Crippen LogP contribution is -2.23. The van der Waals surface area contributed by atoms with E-state index in [0.717, 1.165) is 19.3 Å². The molecule has 0 radical (unpaired) electrons. The second-order valence-electron chi connectivity index (χ2n) is 4.68. The molecular formula is C12H15NO6S. The summed E-state index contributed by atoms with van der Waals surface area (Å²) in [5.74, 6) is 0. The quantitative estimate of drug-likeness (QED) is 0.517. The Labute approximate surface area is 116 Å². The van der Waals surface area contributed by atoms with E-state index < -0.39 is 19.9 Å². The van der Waals surface area contributed by atoms with Gasteiger partial charge in [0.1, 0.15) is 4.90 Å². The molecule has 1 aliphatic heterocycles. The van der Waals surface area contributed by atoms with Gasteiger partial charge in [0.2, 0.25) is 0 Å². The summed E-state index contributed by atoms with van der Waals surface area (Å²) >= 11 is 0. The average Bonchev–Trinajstić information content (AvgIpc) is 2.38. The molecule has 1 unspecified atom stereocenters. The van der Waals surface area contributed by atoms with Crippen molar-refractivity contribution in [3.05, 3.63) is 33.9 Å². The topological polar surface area (TPSA) is 107 Å². The van der Waals surface area contributed by atoms with E-state index in [-0.39, 0.29) is 23.8 Å². The zero-order chi connectivity index (χ0) is 14.8. The number of hydrogen-bond acceptors (Lipinski definition) is 5. The molecule has 0 bridgehead atoms. The Kier molecular flexibility index (Phi) is 4.36. The van der Waals surface area contributed by atoms with Crippen molar-refractivity contribution in [1.29, 1.82) is 0 Å². The Morgan fingerprint density at radius 3 is 2.70 bits per heavy atom. The van der Waals surface area contributed by atoms with Crippen LogP contribution >= 0.6 is 0 Å². The van der Waals surface area contributed by atoms with Crippen molar-refractivity contribution >= 4 is 15.8 Å². The summed E-state index contributed by atoms with van der Waals surface area (Å²) in [5.41, 5.74) is -0.304. The van der Waals surface area contributed by atoms with Crippen molar-refractivity contribution in [2.24, 2.45) is 0 Å². The normalized spacial score (nSPS) is 19.8. The first-order chi connectivity index (χ1) is 9.39. The van der Waals surface area contributed by atoms with E-state index in [1.807, 2.05) is 0 Å². The maximum atomic E-state index is 11.4. The Bertz CT molecular complexity index is 606. The molecule has 7 nitrogen and oxygen atoms in total. The molecule has 1 N–H and O–H groups in total. The van der Waals surface area contributed by atoms with Crippen LogP contribution in [0.15, 0.2) is 23.1 Å². The summed E-state index contributed by atoms with van der Waals surface area (Å²) in [5, 5.41) is 11.0. The third-order valence-electron chi connectivity index (χ3n) is 3.29. The molecular weight excluding hydrogens is 286 g/mol. The van der Waals surface area contributed by atoms with Crippen LogP contribution in [0.2, 0.25) is 0 Å². The molecule has 0 amide bonds. The average molecular weight is 301 g/mol. The Hall–Kier alpha value is -1.51. The molecule has 1 aromatic carbocycles. The van der Waals surface area contributed by atoms with Gasteiger partial charge in [-0.25, -0.2) is 0 Å². The molecule has 20 heavy (non-hydrogen) atoms. The van der Waals surface area contributed by atoms with E-state index >= 15 is 0 Å². The van der Waals surface area contributed by atoms with E-state index in [0.29, 0.717) is 6.61 Å². The lowest BCUT2D eigenvalue weighted by molar-refractivity contribution is -0.385. The van der Waals surface area contributed by atoms with Crippen LogP contribution in [0, 0.1) is 10.1 Å². The number of nitro benzene ring substituents is 1. The predicted octanol–water partition coefficient (Wildman–Crippen LogP) is 1.95. The molecule has 0 aliphatic carbocycles. The number of ether oxygens (including phenoxy) is 1. The third kappa shape index (κ3) is 3.33. The largest absolute Gasteiger partial charge is 0.378 e. The molecule has 110 valence electrons. The summed E-state index contributed by atoms with van der Waals surface area (Å²) in [4.78, 5) is 9.97. The van der Waals surface area contributed by atoms with Crippen LogP contribution in [-0.2, 0) is 21.3 Å². The van der Waals surface area contributed by atoms with Gasteiger partial charge >= 0.3 is 0 Å². The van der Waals surface area contributed by atoms with Gasteiger partial charge in [0, 0.05) is 19.1 Å². The third-order valence-corrected chi connectivity index (χ3v) is 4.23. The second kappa shape index (κ2) is 5.86. The van der Waals surface area contributed by atoms with Crippen LogP contribution in [-0.4, -0.2) is 30.6 Å². The van der Waals surface area contributed by atoms with Crippen LogP contribution < -0.4 is 0 Å². The Balaban J connectivity index is 2.43. The smallest absolute Gasteiger partial charge is 0.295 e. The summed E-state index contributed by atoms with van der Waals surface area (Å²) in [7, 11) is -4.50. The number of nitrogens with zero attached hydrogens (tertiary/aromatic N) is 1. The first-order valence-electron chi connectivity index (χ1n) is 6.25. The van der Waals surface area contributed by atoms with Gasteiger partial charge in [-0.3, -0.25) is 14.7 Å². The molecule has 0 spiro atoms. The molecule has 1 aromatic rings. The van der Waals surface area contributed by atoms with Crippen LogP contribution in [0.4, 0.5) is 5.69 Å². The monoisotopic (exact) mass is 301 g/mol. The molecule has 0 aromatic heterocycles. The van der Waals surface area contributed by atoms with Crippen molar-refractivity contribution in [3.63, 3.8) is 0 Å². The lowest BCUT2D eigenvalue weighted by atomic mass is 10.00. The zero-order valence-corrected chi connectivity index (χ0v) is 11.5. The molecule has 8 heteroatoms. The molecule has 1 fully saturated rings. The van der Waals surface area contributed by atoms with Crippen molar-refractivity contribution in [1.82, 2.24) is 0 Å². The first kappa shape index (κ1) is 14.9. The molecule has 1 atom stereocenters. The van der Waals surface area contributed by atoms with Gasteiger partial charge < -0.3 is 4.74 Å².